The average Bonchev–Trinajstić information content (AvgIpc) is 2.07. The van der Waals surface area contributed by atoms with E-state index in [9.17, 15) is 8.42 Å². The first kappa shape index (κ1) is 11.8. The van der Waals surface area contributed by atoms with E-state index in [-0.39, 0.29) is 10.6 Å². The summed E-state index contributed by atoms with van der Waals surface area (Å²) < 4.78 is 28.1. The van der Waals surface area contributed by atoms with Crippen molar-refractivity contribution in [3.8, 4) is 5.75 Å². The summed E-state index contributed by atoms with van der Waals surface area (Å²) in [5, 5.41) is 0. The summed E-state index contributed by atoms with van der Waals surface area (Å²) in [6, 6.07) is 4.66. The lowest BCUT2D eigenvalue weighted by Crippen LogP contribution is -1.99. The van der Waals surface area contributed by atoms with E-state index in [0.717, 1.165) is 0 Å². The first-order valence-electron chi connectivity index (χ1n) is 3.82. The van der Waals surface area contributed by atoms with Crippen LogP contribution < -0.4 is 4.74 Å². The molecule has 0 aliphatic heterocycles. The fourth-order valence-electron chi connectivity index (χ4n) is 0.947. The van der Waals surface area contributed by atoms with E-state index in [4.69, 9.17) is 15.4 Å². The molecule has 0 aromatic heterocycles. The molecule has 14 heavy (non-hydrogen) atoms. The van der Waals surface area contributed by atoms with Gasteiger partial charge in [0.05, 0.1) is 6.61 Å². The summed E-state index contributed by atoms with van der Waals surface area (Å²) >= 11 is 3.16. The molecule has 0 spiro atoms. The van der Waals surface area contributed by atoms with Gasteiger partial charge in [0.25, 0.3) is 9.05 Å². The highest BCUT2D eigenvalue weighted by molar-refractivity contribution is 9.10. The van der Waals surface area contributed by atoms with Crippen molar-refractivity contribution in [2.24, 2.45) is 0 Å². The summed E-state index contributed by atoms with van der Waals surface area (Å²) in [7, 11) is 1.48. The van der Waals surface area contributed by atoms with Crippen LogP contribution >= 0.6 is 26.6 Å². The average molecular weight is 300 g/mol. The molecule has 6 heteroatoms. The number of hydrogen-bond acceptors (Lipinski definition) is 3. The molecule has 0 amide bonds. The molecular weight excluding hydrogens is 292 g/mol. The zero-order chi connectivity index (χ0) is 10.8. The Morgan fingerprint density at radius 1 is 1.50 bits per heavy atom. The van der Waals surface area contributed by atoms with Crippen LogP contribution in [0.4, 0.5) is 0 Å². The molecule has 0 radical (unpaired) electrons. The fourth-order valence-corrected chi connectivity index (χ4v) is 2.46. The third-order valence-electron chi connectivity index (χ3n) is 1.47. The molecule has 0 heterocycles. The highest BCUT2D eigenvalue weighted by Gasteiger charge is 2.16. The molecule has 1 rings (SSSR count). The predicted octanol–water partition coefficient (Wildman–Crippen LogP) is 2.78. The molecule has 78 valence electrons. The number of ether oxygens (including phenoxy) is 1. The Bertz CT molecular complexity index is 430. The van der Waals surface area contributed by atoms with Crippen LogP contribution in [0.1, 0.15) is 6.92 Å². The fraction of sp³-hybridized carbons (Fsp3) is 0.250. The summed E-state index contributed by atoms with van der Waals surface area (Å²) in [4.78, 5) is -0.0182. The molecule has 0 bridgehead atoms. The van der Waals surface area contributed by atoms with Crippen molar-refractivity contribution in [1.29, 1.82) is 0 Å². The number of halogens is 2. The Kier molecular flexibility index (Phi) is 3.80. The molecule has 0 aliphatic rings. The summed E-state index contributed by atoms with van der Waals surface area (Å²) in [6.45, 7) is 2.16. The molecule has 0 atom stereocenters. The van der Waals surface area contributed by atoms with Crippen LogP contribution in [0.5, 0.6) is 5.75 Å². The van der Waals surface area contributed by atoms with Gasteiger partial charge in [-0.05, 0) is 25.1 Å². The van der Waals surface area contributed by atoms with Crippen molar-refractivity contribution in [3.05, 3.63) is 22.7 Å². The van der Waals surface area contributed by atoms with Gasteiger partial charge in [0.2, 0.25) is 0 Å². The van der Waals surface area contributed by atoms with E-state index in [1.807, 2.05) is 0 Å². The topological polar surface area (TPSA) is 43.4 Å². The maximum absolute atomic E-state index is 11.1. The van der Waals surface area contributed by atoms with Gasteiger partial charge in [0.15, 0.2) is 0 Å². The summed E-state index contributed by atoms with van der Waals surface area (Å²) in [5.74, 6) is 0.269. The lowest BCUT2D eigenvalue weighted by atomic mass is 10.3. The molecular formula is C8H8BrClO3S. The van der Waals surface area contributed by atoms with Crippen LogP contribution in [0.25, 0.3) is 0 Å². The van der Waals surface area contributed by atoms with Crippen LogP contribution in [-0.4, -0.2) is 15.0 Å². The molecule has 0 fully saturated rings. The second-order valence-electron chi connectivity index (χ2n) is 2.46. The van der Waals surface area contributed by atoms with E-state index >= 15 is 0 Å². The maximum Gasteiger partial charge on any atom is 0.265 e. The van der Waals surface area contributed by atoms with Gasteiger partial charge in [0.1, 0.15) is 10.6 Å². The highest BCUT2D eigenvalue weighted by atomic mass is 79.9. The van der Waals surface area contributed by atoms with Crippen molar-refractivity contribution in [2.75, 3.05) is 6.61 Å². The van der Waals surface area contributed by atoms with Crippen LogP contribution in [0.2, 0.25) is 0 Å². The molecule has 0 saturated heterocycles. The molecule has 0 unspecified atom stereocenters. The standard InChI is InChI=1S/C8H8BrClO3S/c1-2-13-7-4-3-6(9)5-8(7)14(10,11)12/h3-5H,2H2,1H3. The van der Waals surface area contributed by atoms with Gasteiger partial charge < -0.3 is 4.74 Å². The number of benzene rings is 1. The first-order valence-corrected chi connectivity index (χ1v) is 6.92. The summed E-state index contributed by atoms with van der Waals surface area (Å²) in [5.41, 5.74) is 0. The van der Waals surface area contributed by atoms with Gasteiger partial charge >= 0.3 is 0 Å². The Balaban J connectivity index is 3.30. The second kappa shape index (κ2) is 4.51. The van der Waals surface area contributed by atoms with Crippen molar-refractivity contribution < 1.29 is 13.2 Å². The zero-order valence-electron chi connectivity index (χ0n) is 7.33. The first-order chi connectivity index (χ1) is 6.45. The van der Waals surface area contributed by atoms with E-state index in [1.165, 1.54) is 6.07 Å². The van der Waals surface area contributed by atoms with E-state index in [2.05, 4.69) is 15.9 Å². The molecule has 3 nitrogen and oxygen atoms in total. The summed E-state index contributed by atoms with van der Waals surface area (Å²) in [6.07, 6.45) is 0. The van der Waals surface area contributed by atoms with Crippen molar-refractivity contribution in [2.45, 2.75) is 11.8 Å². The van der Waals surface area contributed by atoms with E-state index < -0.39 is 9.05 Å². The molecule has 1 aromatic rings. The van der Waals surface area contributed by atoms with Crippen molar-refractivity contribution >= 4 is 35.7 Å². The quantitative estimate of drug-likeness (QED) is 0.806. The minimum atomic E-state index is -3.76. The van der Waals surface area contributed by atoms with Crippen LogP contribution in [0.3, 0.4) is 0 Å². The predicted molar refractivity (Wildman–Crippen MR) is 58.3 cm³/mol. The normalized spacial score (nSPS) is 11.4. The van der Waals surface area contributed by atoms with Crippen LogP contribution in [0.15, 0.2) is 27.6 Å². The Morgan fingerprint density at radius 3 is 2.64 bits per heavy atom. The maximum atomic E-state index is 11.1. The SMILES string of the molecule is CCOc1ccc(Br)cc1S(=O)(=O)Cl. The monoisotopic (exact) mass is 298 g/mol. The molecule has 0 N–H and O–H groups in total. The van der Waals surface area contributed by atoms with E-state index in [1.54, 1.807) is 19.1 Å². The van der Waals surface area contributed by atoms with Crippen LogP contribution in [-0.2, 0) is 9.05 Å². The van der Waals surface area contributed by atoms with Gasteiger partial charge in [0, 0.05) is 15.2 Å². The molecule has 0 aliphatic carbocycles. The number of rotatable bonds is 3. The van der Waals surface area contributed by atoms with Gasteiger partial charge in [-0.25, -0.2) is 8.42 Å². The lowest BCUT2D eigenvalue weighted by Gasteiger charge is -2.07. The highest BCUT2D eigenvalue weighted by Crippen LogP contribution is 2.29. The van der Waals surface area contributed by atoms with Crippen molar-refractivity contribution in [1.82, 2.24) is 0 Å². The smallest absolute Gasteiger partial charge is 0.265 e. The third kappa shape index (κ3) is 2.87. The van der Waals surface area contributed by atoms with Gasteiger partial charge in [-0.15, -0.1) is 0 Å². The Morgan fingerprint density at radius 2 is 2.14 bits per heavy atom. The van der Waals surface area contributed by atoms with Crippen molar-refractivity contribution in [3.63, 3.8) is 0 Å². The lowest BCUT2D eigenvalue weighted by molar-refractivity contribution is 0.331. The third-order valence-corrected chi connectivity index (χ3v) is 3.30. The van der Waals surface area contributed by atoms with E-state index in [0.29, 0.717) is 11.1 Å². The van der Waals surface area contributed by atoms with Gasteiger partial charge in [-0.3, -0.25) is 0 Å². The molecule has 1 aromatic carbocycles. The zero-order valence-corrected chi connectivity index (χ0v) is 10.5. The second-order valence-corrected chi connectivity index (χ2v) is 5.91. The largest absolute Gasteiger partial charge is 0.492 e. The minimum Gasteiger partial charge on any atom is -0.492 e. The minimum absolute atomic E-state index is 0.0182. The van der Waals surface area contributed by atoms with Gasteiger partial charge in [-0.1, -0.05) is 15.9 Å². The van der Waals surface area contributed by atoms with Gasteiger partial charge in [-0.2, -0.15) is 0 Å². The Hall–Kier alpha value is -0.260. The molecule has 0 saturated carbocycles. The number of hydrogen-bond donors (Lipinski definition) is 0. The van der Waals surface area contributed by atoms with Crippen LogP contribution in [0, 0.1) is 0 Å². The Labute approximate surface area is 95.6 Å².